The van der Waals surface area contributed by atoms with E-state index in [0.717, 1.165) is 30.7 Å². The molecule has 1 saturated heterocycles. The lowest BCUT2D eigenvalue weighted by molar-refractivity contribution is -0.134. The lowest BCUT2D eigenvalue weighted by Gasteiger charge is -2.37. The largest absolute Gasteiger partial charge is 0.367 e. The Balaban J connectivity index is 2.02. The molecule has 19 heavy (non-hydrogen) atoms. The third-order valence-electron chi connectivity index (χ3n) is 3.53. The lowest BCUT2D eigenvalue weighted by Crippen LogP contribution is -2.50. The third-order valence-corrected chi connectivity index (χ3v) is 4.16. The number of amides is 1. The van der Waals surface area contributed by atoms with Gasteiger partial charge in [-0.1, -0.05) is 19.9 Å². The molecular formula is C15H21BrN2O. The van der Waals surface area contributed by atoms with E-state index in [9.17, 15) is 4.79 Å². The van der Waals surface area contributed by atoms with Crippen molar-refractivity contribution in [2.45, 2.75) is 20.8 Å². The Bertz CT molecular complexity index is 465. The molecule has 1 aromatic rings. The first-order valence-corrected chi connectivity index (χ1v) is 7.58. The van der Waals surface area contributed by atoms with Crippen LogP contribution < -0.4 is 4.90 Å². The van der Waals surface area contributed by atoms with E-state index in [2.05, 4.69) is 46.0 Å². The fraction of sp³-hybridized carbons (Fsp3) is 0.533. The summed E-state index contributed by atoms with van der Waals surface area (Å²) >= 11 is 3.63. The Morgan fingerprint density at radius 2 is 1.84 bits per heavy atom. The number of anilines is 1. The van der Waals surface area contributed by atoms with Gasteiger partial charge in [-0.25, -0.2) is 0 Å². The van der Waals surface area contributed by atoms with Crippen molar-refractivity contribution in [3.63, 3.8) is 0 Å². The Kier molecular flexibility index (Phi) is 4.50. The maximum absolute atomic E-state index is 12.0. The molecule has 1 fully saturated rings. The number of carbonyl (C=O) groups is 1. The van der Waals surface area contributed by atoms with Gasteiger partial charge in [0.1, 0.15) is 0 Å². The highest BCUT2D eigenvalue weighted by Crippen LogP contribution is 2.28. The van der Waals surface area contributed by atoms with Gasteiger partial charge < -0.3 is 9.80 Å². The quantitative estimate of drug-likeness (QED) is 0.834. The number of carbonyl (C=O) groups excluding carboxylic acids is 1. The molecule has 0 radical (unpaired) electrons. The minimum Gasteiger partial charge on any atom is -0.367 e. The summed E-state index contributed by atoms with van der Waals surface area (Å²) in [4.78, 5) is 16.3. The Morgan fingerprint density at radius 3 is 2.37 bits per heavy atom. The molecule has 1 heterocycles. The van der Waals surface area contributed by atoms with Crippen molar-refractivity contribution in [2.75, 3.05) is 31.1 Å². The summed E-state index contributed by atoms with van der Waals surface area (Å²) in [5, 5.41) is 0. The minimum atomic E-state index is 0.0951. The van der Waals surface area contributed by atoms with Crippen LogP contribution in [-0.2, 0) is 4.79 Å². The summed E-state index contributed by atoms with van der Waals surface area (Å²) in [5.74, 6) is 0.361. The summed E-state index contributed by atoms with van der Waals surface area (Å²) in [7, 11) is 0. The van der Waals surface area contributed by atoms with Crippen LogP contribution in [-0.4, -0.2) is 37.0 Å². The van der Waals surface area contributed by atoms with Crippen LogP contribution in [0.25, 0.3) is 0 Å². The molecular weight excluding hydrogens is 304 g/mol. The highest BCUT2D eigenvalue weighted by atomic mass is 79.9. The zero-order chi connectivity index (χ0) is 14.0. The summed E-state index contributed by atoms with van der Waals surface area (Å²) in [5.41, 5.74) is 2.48. The smallest absolute Gasteiger partial charge is 0.225 e. The normalized spacial score (nSPS) is 16.1. The van der Waals surface area contributed by atoms with Gasteiger partial charge in [-0.15, -0.1) is 0 Å². The number of hydrogen-bond acceptors (Lipinski definition) is 2. The second-order valence-corrected chi connectivity index (χ2v) is 6.28. The Morgan fingerprint density at radius 1 is 1.21 bits per heavy atom. The van der Waals surface area contributed by atoms with Gasteiger partial charge in [0.2, 0.25) is 5.91 Å². The maximum atomic E-state index is 12.0. The molecule has 0 unspecified atom stereocenters. The molecule has 1 amide bonds. The van der Waals surface area contributed by atoms with Crippen molar-refractivity contribution < 1.29 is 4.79 Å². The van der Waals surface area contributed by atoms with Crippen LogP contribution in [0.5, 0.6) is 0 Å². The van der Waals surface area contributed by atoms with Gasteiger partial charge in [0, 0.05) is 36.6 Å². The van der Waals surface area contributed by atoms with Crippen molar-refractivity contribution >= 4 is 27.5 Å². The van der Waals surface area contributed by atoms with E-state index in [1.54, 1.807) is 0 Å². The standard InChI is InChI=1S/C15H21BrN2O/c1-11(2)15(19)18-8-6-17(7-9-18)14-5-4-12(3)10-13(14)16/h4-5,10-11H,6-9H2,1-3H3. The van der Waals surface area contributed by atoms with Gasteiger partial charge in [-0.2, -0.15) is 0 Å². The van der Waals surface area contributed by atoms with Crippen LogP contribution >= 0.6 is 15.9 Å². The van der Waals surface area contributed by atoms with Crippen LogP contribution in [0.15, 0.2) is 22.7 Å². The number of aryl methyl sites for hydroxylation is 1. The van der Waals surface area contributed by atoms with Gasteiger partial charge >= 0.3 is 0 Å². The molecule has 0 N–H and O–H groups in total. The summed E-state index contributed by atoms with van der Waals surface area (Å²) < 4.78 is 1.14. The first-order chi connectivity index (χ1) is 8.99. The van der Waals surface area contributed by atoms with Crippen LogP contribution in [0.4, 0.5) is 5.69 Å². The molecule has 0 spiro atoms. The average Bonchev–Trinajstić information content (AvgIpc) is 2.38. The lowest BCUT2D eigenvalue weighted by atomic mass is 10.1. The number of nitrogens with zero attached hydrogens (tertiary/aromatic N) is 2. The highest BCUT2D eigenvalue weighted by molar-refractivity contribution is 9.10. The van der Waals surface area contributed by atoms with Crippen LogP contribution in [0.1, 0.15) is 19.4 Å². The zero-order valence-corrected chi connectivity index (χ0v) is 13.4. The predicted molar refractivity (Wildman–Crippen MR) is 82.5 cm³/mol. The molecule has 4 heteroatoms. The van der Waals surface area contributed by atoms with Crippen LogP contribution in [0, 0.1) is 12.8 Å². The van der Waals surface area contributed by atoms with E-state index in [0.29, 0.717) is 0 Å². The predicted octanol–water partition coefficient (Wildman–Crippen LogP) is 3.06. The number of rotatable bonds is 2. The number of benzene rings is 1. The van der Waals surface area contributed by atoms with E-state index < -0.39 is 0 Å². The zero-order valence-electron chi connectivity index (χ0n) is 11.8. The Labute approximate surface area is 123 Å². The van der Waals surface area contributed by atoms with E-state index in [1.165, 1.54) is 11.3 Å². The molecule has 0 bridgehead atoms. The van der Waals surface area contributed by atoms with Crippen molar-refractivity contribution in [2.24, 2.45) is 5.92 Å². The van der Waals surface area contributed by atoms with E-state index >= 15 is 0 Å². The number of halogens is 1. The second-order valence-electron chi connectivity index (χ2n) is 5.42. The van der Waals surface area contributed by atoms with E-state index in [1.807, 2.05) is 18.7 Å². The van der Waals surface area contributed by atoms with Crippen molar-refractivity contribution in [1.29, 1.82) is 0 Å². The molecule has 1 aromatic carbocycles. The van der Waals surface area contributed by atoms with Crippen molar-refractivity contribution in [1.82, 2.24) is 4.90 Å². The molecule has 104 valence electrons. The number of hydrogen-bond donors (Lipinski definition) is 0. The van der Waals surface area contributed by atoms with Crippen LogP contribution in [0.3, 0.4) is 0 Å². The molecule has 3 nitrogen and oxygen atoms in total. The minimum absolute atomic E-state index is 0.0951. The average molecular weight is 325 g/mol. The van der Waals surface area contributed by atoms with Gasteiger partial charge in [-0.05, 0) is 40.5 Å². The monoisotopic (exact) mass is 324 g/mol. The van der Waals surface area contributed by atoms with Gasteiger partial charge in [-0.3, -0.25) is 4.79 Å². The summed E-state index contributed by atoms with van der Waals surface area (Å²) in [6.07, 6.45) is 0. The maximum Gasteiger partial charge on any atom is 0.225 e. The SMILES string of the molecule is Cc1ccc(N2CCN(C(=O)C(C)C)CC2)c(Br)c1. The number of piperazine rings is 1. The highest BCUT2D eigenvalue weighted by Gasteiger charge is 2.23. The first-order valence-electron chi connectivity index (χ1n) is 6.79. The van der Waals surface area contributed by atoms with Crippen molar-refractivity contribution in [3.8, 4) is 0 Å². The molecule has 0 aliphatic carbocycles. The topological polar surface area (TPSA) is 23.6 Å². The summed E-state index contributed by atoms with van der Waals surface area (Å²) in [6, 6.07) is 6.42. The van der Waals surface area contributed by atoms with E-state index in [-0.39, 0.29) is 11.8 Å². The fourth-order valence-electron chi connectivity index (χ4n) is 2.40. The molecule has 1 aliphatic heterocycles. The Hall–Kier alpha value is -1.03. The first kappa shape index (κ1) is 14.4. The second kappa shape index (κ2) is 5.95. The van der Waals surface area contributed by atoms with Gasteiger partial charge in [0.25, 0.3) is 0 Å². The summed E-state index contributed by atoms with van der Waals surface area (Å²) in [6.45, 7) is 9.46. The van der Waals surface area contributed by atoms with Gasteiger partial charge in [0.05, 0.1) is 5.69 Å². The van der Waals surface area contributed by atoms with Crippen LogP contribution in [0.2, 0.25) is 0 Å². The van der Waals surface area contributed by atoms with E-state index in [4.69, 9.17) is 0 Å². The fourth-order valence-corrected chi connectivity index (χ4v) is 3.15. The molecule has 0 atom stereocenters. The molecule has 1 aliphatic rings. The van der Waals surface area contributed by atoms with Crippen molar-refractivity contribution in [3.05, 3.63) is 28.2 Å². The van der Waals surface area contributed by atoms with Gasteiger partial charge in [0.15, 0.2) is 0 Å². The molecule has 0 aromatic heterocycles. The molecule has 2 rings (SSSR count). The molecule has 0 saturated carbocycles. The third kappa shape index (κ3) is 3.30.